The largest absolute Gasteiger partial charge is 0.619 e. The minimum absolute atomic E-state index is 0.00503. The zero-order valence-electron chi connectivity index (χ0n) is 26.4. The van der Waals surface area contributed by atoms with Crippen LogP contribution in [-0.2, 0) is 30.7 Å². The number of esters is 1. The summed E-state index contributed by atoms with van der Waals surface area (Å²) >= 11 is 12.7. The summed E-state index contributed by atoms with van der Waals surface area (Å²) in [5.41, 5.74) is 0.709. The van der Waals surface area contributed by atoms with E-state index >= 15 is 0 Å². The zero-order valence-corrected chi connectivity index (χ0v) is 28.7. The molecule has 1 amide bonds. The molecule has 1 aliphatic heterocycles. The Hall–Kier alpha value is -3.76. The van der Waals surface area contributed by atoms with Crippen molar-refractivity contribution in [3.8, 4) is 11.5 Å². The molecule has 0 bridgehead atoms. The molecule has 0 unspecified atom stereocenters. The number of morpholine rings is 1. The van der Waals surface area contributed by atoms with E-state index in [9.17, 15) is 32.0 Å². The Balaban J connectivity index is 1.41. The fraction of sp³-hybridized carbons (Fsp3) is 0.406. The number of halogens is 4. The summed E-state index contributed by atoms with van der Waals surface area (Å²) in [5.74, 6) is -1.27. The molecule has 2 atom stereocenters. The van der Waals surface area contributed by atoms with Gasteiger partial charge in [-0.1, -0.05) is 35.3 Å². The van der Waals surface area contributed by atoms with E-state index in [0.717, 1.165) is 29.5 Å². The summed E-state index contributed by atoms with van der Waals surface area (Å²) in [4.78, 5) is 27.3. The van der Waals surface area contributed by atoms with E-state index in [1.54, 1.807) is 14.1 Å². The fourth-order valence-electron chi connectivity index (χ4n) is 5.06. The number of carbonyl (C=O) groups is 2. The topological polar surface area (TPSA) is 139 Å². The Morgan fingerprint density at radius 3 is 2.47 bits per heavy atom. The van der Waals surface area contributed by atoms with Crippen molar-refractivity contribution in [2.75, 3.05) is 40.4 Å². The number of alkyl halides is 2. The van der Waals surface area contributed by atoms with E-state index in [2.05, 4.69) is 4.74 Å². The third-order valence-electron chi connectivity index (χ3n) is 7.85. The third kappa shape index (κ3) is 9.08. The smallest absolute Gasteiger partial charge is 0.387 e. The lowest BCUT2D eigenvalue weighted by molar-refractivity contribution is -0.605. The summed E-state index contributed by atoms with van der Waals surface area (Å²) in [6, 6.07) is 9.62. The maximum Gasteiger partial charge on any atom is 0.387 e. The molecule has 1 saturated carbocycles. The molecule has 2 heterocycles. The Morgan fingerprint density at radius 2 is 1.82 bits per heavy atom. The number of rotatable bonds is 13. The average Bonchev–Trinajstić information content (AvgIpc) is 3.89. The second-order valence-electron chi connectivity index (χ2n) is 11.7. The number of benzene rings is 2. The number of aromatic nitrogens is 1. The van der Waals surface area contributed by atoms with E-state index < -0.39 is 41.4 Å². The van der Waals surface area contributed by atoms with Crippen LogP contribution in [0.25, 0.3) is 0 Å². The highest BCUT2D eigenvalue weighted by atomic mass is 35.5. The van der Waals surface area contributed by atoms with Gasteiger partial charge in [-0.2, -0.15) is 17.8 Å². The van der Waals surface area contributed by atoms with E-state index in [-0.39, 0.29) is 81.1 Å². The summed E-state index contributed by atoms with van der Waals surface area (Å²) in [5, 5.41) is 11.8. The molecule has 2 aromatic carbocycles. The average molecular weight is 745 g/mol. The van der Waals surface area contributed by atoms with Crippen LogP contribution in [0.4, 0.5) is 8.78 Å². The van der Waals surface area contributed by atoms with Crippen LogP contribution in [-0.4, -0.2) is 82.6 Å². The molecular formula is C32H33Cl2F2N3O9S. The van der Waals surface area contributed by atoms with Gasteiger partial charge >= 0.3 is 12.6 Å². The summed E-state index contributed by atoms with van der Waals surface area (Å²) in [6.07, 6.45) is 1.29. The van der Waals surface area contributed by atoms with Gasteiger partial charge in [-0.3, -0.25) is 4.79 Å². The second-order valence-corrected chi connectivity index (χ2v) is 14.5. The standard InChI is InChI=1S/C32H33Cl2F2N3O9S/c1-37(2)30(40)21-4-3-5-22(12-21)49(43,44)39-10-11-45-29(17-39)31(41)47-27(14-23-24(33)15-38(42)16-25(23)34)20-8-9-26(48-32(35)36)28(13-20)46-18-19-6-7-19/h3-5,8-9,12-13,15-16,19,27,29,32H,6-7,10-11,14,17-18H2,1-2H3/t27-,29+/m0/s1. The molecule has 1 aliphatic carbocycles. The van der Waals surface area contributed by atoms with Gasteiger partial charge in [0.25, 0.3) is 5.91 Å². The Labute approximate surface area is 291 Å². The van der Waals surface area contributed by atoms with Crippen LogP contribution in [0.1, 0.15) is 40.4 Å². The van der Waals surface area contributed by atoms with Crippen LogP contribution in [0.2, 0.25) is 10.0 Å². The highest BCUT2D eigenvalue weighted by Gasteiger charge is 2.37. The van der Waals surface area contributed by atoms with E-state index in [1.807, 2.05) is 0 Å². The van der Waals surface area contributed by atoms with Gasteiger partial charge in [0.1, 0.15) is 16.1 Å². The van der Waals surface area contributed by atoms with Crippen molar-refractivity contribution >= 4 is 45.1 Å². The summed E-state index contributed by atoms with van der Waals surface area (Å²) in [7, 11) is -1.08. The van der Waals surface area contributed by atoms with Crippen molar-refractivity contribution < 1.29 is 50.5 Å². The molecule has 264 valence electrons. The van der Waals surface area contributed by atoms with Crippen LogP contribution in [0.3, 0.4) is 0 Å². The van der Waals surface area contributed by atoms with E-state index in [4.69, 9.17) is 37.4 Å². The number of hydrogen-bond acceptors (Lipinski definition) is 9. The quantitative estimate of drug-likeness (QED) is 0.139. The first-order valence-corrected chi connectivity index (χ1v) is 17.3. The molecule has 2 fully saturated rings. The van der Waals surface area contributed by atoms with Gasteiger partial charge in [-0.05, 0) is 54.7 Å². The number of nitrogens with zero attached hydrogens (tertiary/aromatic N) is 3. The van der Waals surface area contributed by atoms with Crippen LogP contribution in [0.15, 0.2) is 59.8 Å². The number of sulfonamides is 1. The van der Waals surface area contributed by atoms with Gasteiger partial charge in [0, 0.05) is 38.2 Å². The predicted molar refractivity (Wildman–Crippen MR) is 172 cm³/mol. The highest BCUT2D eigenvalue weighted by molar-refractivity contribution is 7.89. The monoisotopic (exact) mass is 743 g/mol. The van der Waals surface area contributed by atoms with Crippen LogP contribution < -0.4 is 14.2 Å². The Bertz CT molecular complexity index is 1790. The van der Waals surface area contributed by atoms with Crippen molar-refractivity contribution in [1.82, 2.24) is 9.21 Å². The first kappa shape index (κ1) is 36.5. The summed E-state index contributed by atoms with van der Waals surface area (Å²) in [6.45, 7) is -3.47. The van der Waals surface area contributed by atoms with Crippen LogP contribution in [0.5, 0.6) is 11.5 Å². The van der Waals surface area contributed by atoms with Crippen molar-refractivity contribution in [1.29, 1.82) is 0 Å². The molecule has 1 saturated heterocycles. The molecule has 3 aromatic rings. The number of hydrogen-bond donors (Lipinski definition) is 0. The summed E-state index contributed by atoms with van der Waals surface area (Å²) < 4.78 is 77.0. The normalized spacial score (nSPS) is 17.4. The van der Waals surface area contributed by atoms with Gasteiger partial charge in [-0.25, -0.2) is 13.2 Å². The van der Waals surface area contributed by atoms with Crippen molar-refractivity contribution in [3.05, 3.63) is 86.8 Å². The molecule has 0 N–H and O–H groups in total. The lowest BCUT2D eigenvalue weighted by atomic mass is 10.0. The molecule has 0 radical (unpaired) electrons. The first-order valence-electron chi connectivity index (χ1n) is 15.1. The maximum absolute atomic E-state index is 13.6. The van der Waals surface area contributed by atoms with Gasteiger partial charge < -0.3 is 29.1 Å². The first-order chi connectivity index (χ1) is 23.2. The SMILES string of the molecule is CN(C)C(=O)c1cccc(S(=O)(=O)N2CCO[C@@H](C(=O)O[C@@H](Cc3c(Cl)c[n+]([O-])cc3Cl)c3ccc(OC(F)F)c(OCC4CC4)c3)C2)c1. The van der Waals surface area contributed by atoms with E-state index in [0.29, 0.717) is 4.73 Å². The van der Waals surface area contributed by atoms with Gasteiger partial charge in [-0.15, -0.1) is 0 Å². The number of ether oxygens (including phenoxy) is 4. The minimum atomic E-state index is -4.17. The number of carbonyl (C=O) groups excluding carboxylic acids is 2. The molecule has 12 nitrogen and oxygen atoms in total. The molecule has 2 aliphatic rings. The lowest BCUT2D eigenvalue weighted by Gasteiger charge is -2.32. The fourth-order valence-corrected chi connectivity index (χ4v) is 7.13. The highest BCUT2D eigenvalue weighted by Crippen LogP contribution is 2.38. The lowest BCUT2D eigenvalue weighted by Crippen LogP contribution is -2.49. The number of amides is 1. The van der Waals surface area contributed by atoms with Gasteiger partial charge in [0.15, 0.2) is 30.0 Å². The molecule has 1 aromatic heterocycles. The predicted octanol–water partition coefficient (Wildman–Crippen LogP) is 4.64. The molecule has 49 heavy (non-hydrogen) atoms. The Morgan fingerprint density at radius 1 is 1.10 bits per heavy atom. The van der Waals surface area contributed by atoms with Gasteiger partial charge in [0.05, 0.1) is 24.7 Å². The zero-order chi connectivity index (χ0) is 35.5. The van der Waals surface area contributed by atoms with Crippen LogP contribution >= 0.6 is 23.2 Å². The molecule has 0 spiro atoms. The molecular weight excluding hydrogens is 711 g/mol. The minimum Gasteiger partial charge on any atom is -0.619 e. The molecule has 17 heteroatoms. The molecule has 5 rings (SSSR count). The van der Waals surface area contributed by atoms with Crippen molar-refractivity contribution in [2.24, 2.45) is 5.92 Å². The van der Waals surface area contributed by atoms with Gasteiger partial charge in [0.2, 0.25) is 10.0 Å². The second kappa shape index (κ2) is 15.4. The Kier molecular flexibility index (Phi) is 11.5. The van der Waals surface area contributed by atoms with E-state index in [1.165, 1.54) is 47.4 Å². The third-order valence-corrected chi connectivity index (χ3v) is 10.4. The number of pyridine rings is 1. The van der Waals surface area contributed by atoms with Crippen LogP contribution in [0, 0.1) is 11.1 Å². The van der Waals surface area contributed by atoms with Crippen molar-refractivity contribution in [2.45, 2.75) is 43.0 Å². The maximum atomic E-state index is 13.6. The van der Waals surface area contributed by atoms with Crippen molar-refractivity contribution in [3.63, 3.8) is 0 Å².